The minimum absolute atomic E-state index is 0.723. The predicted octanol–water partition coefficient (Wildman–Crippen LogP) is 1.93. The molecule has 1 aromatic carbocycles. The molecule has 5 heteroatoms. The van der Waals surface area contributed by atoms with E-state index in [0.717, 1.165) is 43.9 Å². The third-order valence-corrected chi connectivity index (χ3v) is 3.75. The molecule has 106 valence electrons. The number of benzene rings is 1. The highest BCUT2D eigenvalue weighted by Crippen LogP contribution is 2.31. The number of aryl methyl sites for hydroxylation is 1. The topological polar surface area (TPSA) is 56.3 Å². The number of methoxy groups -OCH3 is 1. The van der Waals surface area contributed by atoms with Crippen LogP contribution in [0.4, 0.5) is 11.4 Å². The molecule has 0 radical (unpaired) electrons. The second-order valence-corrected chi connectivity index (χ2v) is 5.12. The summed E-state index contributed by atoms with van der Waals surface area (Å²) in [6.07, 6.45) is 5.74. The summed E-state index contributed by atoms with van der Waals surface area (Å²) in [5.74, 6) is 0.926. The van der Waals surface area contributed by atoms with Gasteiger partial charge >= 0.3 is 0 Å². The molecule has 0 atom stereocenters. The highest BCUT2D eigenvalue weighted by atomic mass is 16.5. The van der Waals surface area contributed by atoms with Crippen molar-refractivity contribution in [3.8, 4) is 5.75 Å². The third kappa shape index (κ3) is 2.57. The summed E-state index contributed by atoms with van der Waals surface area (Å²) in [5.41, 5.74) is 9.10. The first-order valence-corrected chi connectivity index (χ1v) is 6.96. The molecule has 2 heterocycles. The molecule has 0 saturated heterocycles. The summed E-state index contributed by atoms with van der Waals surface area (Å²) in [6.45, 7) is 3.01. The maximum atomic E-state index is 5.66. The van der Waals surface area contributed by atoms with Crippen molar-refractivity contribution in [1.29, 1.82) is 0 Å². The van der Waals surface area contributed by atoms with E-state index in [2.05, 4.69) is 22.1 Å². The molecule has 0 aliphatic carbocycles. The SMILES string of the molecule is COc1ccc2c(c1)N(CCCn1cc(N)cn1)CC2. The number of aromatic nitrogens is 2. The van der Waals surface area contributed by atoms with Crippen LogP contribution in [-0.4, -0.2) is 30.0 Å². The zero-order valence-electron chi connectivity index (χ0n) is 11.7. The van der Waals surface area contributed by atoms with Crippen molar-refractivity contribution in [3.05, 3.63) is 36.2 Å². The van der Waals surface area contributed by atoms with E-state index >= 15 is 0 Å². The molecule has 2 N–H and O–H groups in total. The number of hydrogen-bond donors (Lipinski definition) is 1. The Morgan fingerprint density at radius 3 is 3.00 bits per heavy atom. The second kappa shape index (κ2) is 5.45. The lowest BCUT2D eigenvalue weighted by atomic mass is 10.1. The first kappa shape index (κ1) is 12.8. The smallest absolute Gasteiger partial charge is 0.120 e. The van der Waals surface area contributed by atoms with Gasteiger partial charge in [-0.3, -0.25) is 4.68 Å². The van der Waals surface area contributed by atoms with E-state index in [-0.39, 0.29) is 0 Å². The summed E-state index contributed by atoms with van der Waals surface area (Å²) in [4.78, 5) is 2.42. The summed E-state index contributed by atoms with van der Waals surface area (Å²) in [6, 6.07) is 6.34. The second-order valence-electron chi connectivity index (χ2n) is 5.12. The van der Waals surface area contributed by atoms with Gasteiger partial charge in [-0.15, -0.1) is 0 Å². The van der Waals surface area contributed by atoms with Crippen LogP contribution in [0.2, 0.25) is 0 Å². The Bertz CT molecular complexity index is 593. The van der Waals surface area contributed by atoms with E-state index in [1.165, 1.54) is 11.3 Å². The monoisotopic (exact) mass is 272 g/mol. The van der Waals surface area contributed by atoms with Crippen molar-refractivity contribution >= 4 is 11.4 Å². The number of ether oxygens (including phenoxy) is 1. The lowest BCUT2D eigenvalue weighted by molar-refractivity contribution is 0.415. The Morgan fingerprint density at radius 1 is 1.35 bits per heavy atom. The Labute approximate surface area is 118 Å². The molecule has 0 spiro atoms. The van der Waals surface area contributed by atoms with Gasteiger partial charge in [-0.25, -0.2) is 0 Å². The van der Waals surface area contributed by atoms with Gasteiger partial charge in [-0.1, -0.05) is 6.07 Å². The first-order chi connectivity index (χ1) is 9.76. The minimum Gasteiger partial charge on any atom is -0.497 e. The average Bonchev–Trinajstić information content (AvgIpc) is 3.05. The zero-order valence-corrected chi connectivity index (χ0v) is 11.7. The maximum absolute atomic E-state index is 5.66. The van der Waals surface area contributed by atoms with E-state index < -0.39 is 0 Å². The molecule has 0 unspecified atom stereocenters. The molecular formula is C15H20N4O. The van der Waals surface area contributed by atoms with E-state index in [1.807, 2.05) is 16.9 Å². The largest absolute Gasteiger partial charge is 0.497 e. The van der Waals surface area contributed by atoms with Gasteiger partial charge in [0.2, 0.25) is 0 Å². The maximum Gasteiger partial charge on any atom is 0.120 e. The lowest BCUT2D eigenvalue weighted by Crippen LogP contribution is -2.22. The quantitative estimate of drug-likeness (QED) is 0.903. The van der Waals surface area contributed by atoms with Crippen molar-refractivity contribution < 1.29 is 4.74 Å². The Morgan fingerprint density at radius 2 is 2.25 bits per heavy atom. The van der Waals surface area contributed by atoms with Crippen molar-refractivity contribution in [3.63, 3.8) is 0 Å². The van der Waals surface area contributed by atoms with Crippen LogP contribution < -0.4 is 15.4 Å². The fourth-order valence-electron chi connectivity index (χ4n) is 2.71. The first-order valence-electron chi connectivity index (χ1n) is 6.96. The van der Waals surface area contributed by atoms with Crippen LogP contribution in [0.1, 0.15) is 12.0 Å². The number of fused-ring (bicyclic) bond motifs is 1. The molecule has 1 aliphatic heterocycles. The molecule has 3 rings (SSSR count). The van der Waals surface area contributed by atoms with E-state index in [4.69, 9.17) is 10.5 Å². The minimum atomic E-state index is 0.723. The van der Waals surface area contributed by atoms with Crippen molar-refractivity contribution in [2.24, 2.45) is 0 Å². The fourth-order valence-corrected chi connectivity index (χ4v) is 2.71. The summed E-state index contributed by atoms with van der Waals surface area (Å²) in [7, 11) is 1.71. The van der Waals surface area contributed by atoms with Gasteiger partial charge in [0, 0.05) is 37.6 Å². The Balaban J connectivity index is 1.60. The predicted molar refractivity (Wildman–Crippen MR) is 80.2 cm³/mol. The van der Waals surface area contributed by atoms with Crippen molar-refractivity contribution in [2.75, 3.05) is 30.8 Å². The molecule has 0 bridgehead atoms. The lowest BCUT2D eigenvalue weighted by Gasteiger charge is -2.19. The summed E-state index contributed by atoms with van der Waals surface area (Å²) in [5, 5.41) is 4.20. The molecule has 5 nitrogen and oxygen atoms in total. The molecule has 20 heavy (non-hydrogen) atoms. The van der Waals surface area contributed by atoms with Crippen LogP contribution in [-0.2, 0) is 13.0 Å². The van der Waals surface area contributed by atoms with E-state index in [0.29, 0.717) is 0 Å². The van der Waals surface area contributed by atoms with Crippen LogP contribution in [0, 0.1) is 0 Å². The van der Waals surface area contributed by atoms with Gasteiger partial charge < -0.3 is 15.4 Å². The number of nitrogens with zero attached hydrogens (tertiary/aromatic N) is 3. The number of nitrogen functional groups attached to an aromatic ring is 1. The number of hydrogen-bond acceptors (Lipinski definition) is 4. The number of rotatable bonds is 5. The number of nitrogens with two attached hydrogens (primary N) is 1. The third-order valence-electron chi connectivity index (χ3n) is 3.75. The highest BCUT2D eigenvalue weighted by molar-refractivity contribution is 5.60. The van der Waals surface area contributed by atoms with Gasteiger partial charge in [0.05, 0.1) is 19.0 Å². The van der Waals surface area contributed by atoms with Crippen LogP contribution in [0.3, 0.4) is 0 Å². The molecule has 0 fully saturated rings. The molecular weight excluding hydrogens is 252 g/mol. The van der Waals surface area contributed by atoms with E-state index in [1.54, 1.807) is 13.3 Å². The average molecular weight is 272 g/mol. The molecule has 1 aromatic heterocycles. The van der Waals surface area contributed by atoms with Crippen molar-refractivity contribution in [2.45, 2.75) is 19.4 Å². The van der Waals surface area contributed by atoms with Gasteiger partial charge in [-0.05, 0) is 24.5 Å². The summed E-state index contributed by atoms with van der Waals surface area (Å²) >= 11 is 0. The molecule has 0 amide bonds. The van der Waals surface area contributed by atoms with Gasteiger partial charge in [0.25, 0.3) is 0 Å². The molecule has 0 saturated carbocycles. The van der Waals surface area contributed by atoms with Crippen LogP contribution in [0.15, 0.2) is 30.6 Å². The summed E-state index contributed by atoms with van der Waals surface area (Å²) < 4.78 is 7.21. The standard InChI is InChI=1S/C15H20N4O/c1-20-14-4-3-12-5-8-18(15(12)9-14)6-2-7-19-11-13(16)10-17-19/h3-4,9-11H,2,5-8,16H2,1H3. The Kier molecular flexibility index (Phi) is 3.50. The number of anilines is 2. The molecule has 1 aliphatic rings. The van der Waals surface area contributed by atoms with Crippen LogP contribution >= 0.6 is 0 Å². The van der Waals surface area contributed by atoms with Crippen LogP contribution in [0.5, 0.6) is 5.75 Å². The Hall–Kier alpha value is -2.17. The van der Waals surface area contributed by atoms with Gasteiger partial charge in [0.15, 0.2) is 0 Å². The fraction of sp³-hybridized carbons (Fsp3) is 0.400. The normalized spacial score (nSPS) is 13.6. The highest BCUT2D eigenvalue weighted by Gasteiger charge is 2.19. The van der Waals surface area contributed by atoms with Gasteiger partial charge in [-0.2, -0.15) is 5.10 Å². The van der Waals surface area contributed by atoms with E-state index in [9.17, 15) is 0 Å². The van der Waals surface area contributed by atoms with Crippen molar-refractivity contribution in [1.82, 2.24) is 9.78 Å². The zero-order chi connectivity index (χ0) is 13.9. The van der Waals surface area contributed by atoms with Crippen LogP contribution in [0.25, 0.3) is 0 Å². The van der Waals surface area contributed by atoms with Gasteiger partial charge in [0.1, 0.15) is 5.75 Å². The molecule has 2 aromatic rings.